The SMILES string of the molecule is FC(F)(F)c1n[n-]c(-c2ccccn2)n1.[Ir].[c-]1ccccc1-c1ncc(-c2ccccc2)nc1-c1ccccc1. The summed E-state index contributed by atoms with van der Waals surface area (Å²) in [7, 11) is 0. The summed E-state index contributed by atoms with van der Waals surface area (Å²) < 4.78 is 36.4. The van der Waals surface area contributed by atoms with Crippen molar-refractivity contribution in [3.8, 4) is 45.3 Å². The number of halogens is 3. The van der Waals surface area contributed by atoms with Gasteiger partial charge in [-0.05, 0) is 23.5 Å². The average molecular weight is 713 g/mol. The first-order valence-corrected chi connectivity index (χ1v) is 11.8. The Hall–Kier alpha value is -4.53. The fraction of sp³-hybridized carbons (Fsp3) is 0.0333. The number of rotatable bonds is 4. The van der Waals surface area contributed by atoms with Crippen molar-refractivity contribution >= 4 is 0 Å². The number of pyridine rings is 1. The van der Waals surface area contributed by atoms with Gasteiger partial charge in [0.25, 0.3) is 0 Å². The Balaban J connectivity index is 0.000000200. The first kappa shape index (κ1) is 28.5. The maximum Gasteiger partial charge on any atom is 0.429 e. The molecule has 6 rings (SSSR count). The number of benzene rings is 3. The van der Waals surface area contributed by atoms with Crippen LogP contribution in [-0.4, -0.2) is 25.0 Å². The van der Waals surface area contributed by atoms with Gasteiger partial charge in [-0.15, -0.1) is 35.9 Å². The van der Waals surface area contributed by atoms with Crippen LogP contribution in [0.15, 0.2) is 116 Å². The van der Waals surface area contributed by atoms with Crippen LogP contribution in [0, 0.1) is 6.07 Å². The quantitative estimate of drug-likeness (QED) is 0.188. The number of hydrogen-bond acceptors (Lipinski definition) is 5. The van der Waals surface area contributed by atoms with E-state index in [1.54, 1.807) is 12.1 Å². The zero-order valence-electron chi connectivity index (χ0n) is 20.6. The third kappa shape index (κ3) is 6.91. The van der Waals surface area contributed by atoms with Crippen LogP contribution in [0.2, 0.25) is 0 Å². The van der Waals surface area contributed by atoms with Crippen LogP contribution in [0.5, 0.6) is 0 Å². The van der Waals surface area contributed by atoms with Gasteiger partial charge in [0.05, 0.1) is 17.1 Å². The van der Waals surface area contributed by atoms with Crippen LogP contribution >= 0.6 is 0 Å². The summed E-state index contributed by atoms with van der Waals surface area (Å²) in [5.74, 6) is -1.37. The van der Waals surface area contributed by atoms with Gasteiger partial charge in [-0.2, -0.15) is 13.2 Å². The van der Waals surface area contributed by atoms with Crippen LogP contribution in [0.1, 0.15) is 5.82 Å². The maximum atomic E-state index is 12.1. The van der Waals surface area contributed by atoms with Gasteiger partial charge in [-0.3, -0.25) is 15.1 Å². The molecular formula is C30H19F3IrN6-2. The Bertz CT molecular complexity index is 1630. The van der Waals surface area contributed by atoms with Crippen LogP contribution in [0.25, 0.3) is 45.3 Å². The number of hydrogen-bond donors (Lipinski definition) is 0. The zero-order valence-corrected chi connectivity index (χ0v) is 23.0. The van der Waals surface area contributed by atoms with E-state index in [4.69, 9.17) is 9.97 Å². The molecule has 3 heterocycles. The molecule has 3 aromatic carbocycles. The molecule has 0 spiro atoms. The summed E-state index contributed by atoms with van der Waals surface area (Å²) in [6.07, 6.45) is -1.29. The Morgan fingerprint density at radius 2 is 1.32 bits per heavy atom. The molecule has 0 aliphatic rings. The summed E-state index contributed by atoms with van der Waals surface area (Å²) >= 11 is 0. The summed E-state index contributed by atoms with van der Waals surface area (Å²) in [6.45, 7) is 0. The third-order valence-electron chi connectivity index (χ3n) is 5.45. The molecule has 40 heavy (non-hydrogen) atoms. The minimum absolute atomic E-state index is 0. The Morgan fingerprint density at radius 1 is 0.650 bits per heavy atom. The molecule has 0 aliphatic carbocycles. The molecular weight excluding hydrogens is 694 g/mol. The largest absolute Gasteiger partial charge is 0.429 e. The van der Waals surface area contributed by atoms with Gasteiger partial charge >= 0.3 is 6.18 Å². The Kier molecular flexibility index (Phi) is 9.27. The smallest absolute Gasteiger partial charge is 0.413 e. The molecule has 0 saturated heterocycles. The molecule has 0 atom stereocenters. The van der Waals surface area contributed by atoms with Crippen LogP contribution < -0.4 is 5.10 Å². The van der Waals surface area contributed by atoms with Gasteiger partial charge in [-0.25, -0.2) is 0 Å². The Labute approximate surface area is 241 Å². The molecule has 0 aliphatic heterocycles. The van der Waals surface area contributed by atoms with Crippen molar-refractivity contribution in [1.29, 1.82) is 0 Å². The van der Waals surface area contributed by atoms with E-state index >= 15 is 0 Å². The second-order valence-electron chi connectivity index (χ2n) is 8.13. The zero-order chi connectivity index (χ0) is 27.1. The molecule has 10 heteroatoms. The molecule has 0 N–H and O–H groups in total. The van der Waals surface area contributed by atoms with Crippen molar-refractivity contribution < 1.29 is 33.3 Å². The van der Waals surface area contributed by atoms with Gasteiger partial charge < -0.3 is 15.1 Å². The van der Waals surface area contributed by atoms with Crippen molar-refractivity contribution in [2.75, 3.05) is 0 Å². The van der Waals surface area contributed by atoms with Crippen molar-refractivity contribution in [2.24, 2.45) is 0 Å². The molecule has 0 bridgehead atoms. The molecule has 201 valence electrons. The minimum Gasteiger partial charge on any atom is -0.413 e. The van der Waals surface area contributed by atoms with Gasteiger partial charge in [0.1, 0.15) is 5.82 Å². The predicted molar refractivity (Wildman–Crippen MR) is 141 cm³/mol. The van der Waals surface area contributed by atoms with Crippen LogP contribution in [0.4, 0.5) is 13.2 Å². The number of alkyl halides is 3. The monoisotopic (exact) mass is 713 g/mol. The second-order valence-corrected chi connectivity index (χ2v) is 8.13. The first-order valence-electron chi connectivity index (χ1n) is 11.8. The van der Waals surface area contributed by atoms with Crippen molar-refractivity contribution in [3.05, 3.63) is 127 Å². The van der Waals surface area contributed by atoms with E-state index in [1.807, 2.05) is 79.0 Å². The topological polar surface area (TPSA) is 78.5 Å². The van der Waals surface area contributed by atoms with E-state index in [0.29, 0.717) is 0 Å². The summed E-state index contributed by atoms with van der Waals surface area (Å²) in [5.41, 5.74) is 5.92. The second kappa shape index (κ2) is 13.0. The van der Waals surface area contributed by atoms with E-state index in [-0.39, 0.29) is 31.6 Å². The summed E-state index contributed by atoms with van der Waals surface area (Å²) in [5, 5.41) is 6.25. The first-order chi connectivity index (χ1) is 19.0. The third-order valence-corrected chi connectivity index (χ3v) is 5.45. The van der Waals surface area contributed by atoms with E-state index in [9.17, 15) is 13.2 Å². The molecule has 3 aromatic heterocycles. The molecule has 6 aromatic rings. The fourth-order valence-corrected chi connectivity index (χ4v) is 3.64. The number of nitrogens with zero attached hydrogens (tertiary/aromatic N) is 6. The Morgan fingerprint density at radius 3 is 1.93 bits per heavy atom. The predicted octanol–water partition coefficient (Wildman–Crippen LogP) is 6.79. The van der Waals surface area contributed by atoms with Crippen molar-refractivity contribution in [2.45, 2.75) is 6.18 Å². The molecule has 6 nitrogen and oxygen atoms in total. The summed E-state index contributed by atoms with van der Waals surface area (Å²) in [4.78, 5) is 16.7. The van der Waals surface area contributed by atoms with E-state index < -0.39 is 12.0 Å². The van der Waals surface area contributed by atoms with Crippen LogP contribution in [0.3, 0.4) is 0 Å². The van der Waals surface area contributed by atoms with E-state index in [2.05, 4.69) is 38.4 Å². The minimum atomic E-state index is -4.57. The van der Waals surface area contributed by atoms with Gasteiger partial charge in [0, 0.05) is 43.8 Å². The van der Waals surface area contributed by atoms with Gasteiger partial charge in [-0.1, -0.05) is 66.7 Å². The van der Waals surface area contributed by atoms with Gasteiger partial charge in [0.15, 0.2) is 0 Å². The van der Waals surface area contributed by atoms with Gasteiger partial charge in [0.2, 0.25) is 0 Å². The maximum absolute atomic E-state index is 12.1. The number of aromatic nitrogens is 6. The molecule has 1 radical (unpaired) electrons. The molecule has 0 saturated carbocycles. The summed E-state index contributed by atoms with van der Waals surface area (Å²) in [6, 6.07) is 36.2. The molecule has 0 unspecified atom stereocenters. The van der Waals surface area contributed by atoms with Crippen LogP contribution in [-0.2, 0) is 26.3 Å². The van der Waals surface area contributed by atoms with Crippen molar-refractivity contribution in [3.63, 3.8) is 0 Å². The van der Waals surface area contributed by atoms with E-state index in [1.165, 1.54) is 12.3 Å². The fourth-order valence-electron chi connectivity index (χ4n) is 3.64. The molecule has 0 amide bonds. The average Bonchev–Trinajstić information content (AvgIpc) is 3.51. The standard InChI is InChI=1S/C22H15N2.C8H4F3N4.Ir/c1-4-10-17(11-5-1)20-16-23-21(18-12-6-2-7-13-18)22(24-20)19-14-8-3-9-15-19;9-8(10,11)7-13-6(14-15-7)5-3-1-2-4-12-5;/h1-12,14-16H;1-4H;/q2*-1;. The normalized spacial score (nSPS) is 10.7. The van der Waals surface area contributed by atoms with Crippen molar-refractivity contribution in [1.82, 2.24) is 30.1 Å². The van der Waals surface area contributed by atoms with E-state index in [0.717, 1.165) is 33.8 Å². The molecule has 0 fully saturated rings.